The number of aryl methyl sites for hydroxylation is 1. The van der Waals surface area contributed by atoms with Crippen LogP contribution in [0.25, 0.3) is 10.8 Å². The Hall–Kier alpha value is -4.06. The normalized spacial score (nSPS) is 11.5. The highest BCUT2D eigenvalue weighted by Crippen LogP contribution is 2.34. The minimum absolute atomic E-state index is 0.707. The highest BCUT2D eigenvalue weighted by molar-refractivity contribution is 6.00. The Labute approximate surface area is 168 Å². The number of pyridine rings is 1. The summed E-state index contributed by atoms with van der Waals surface area (Å²) in [7, 11) is 0. The van der Waals surface area contributed by atoms with Crippen LogP contribution in [0.2, 0.25) is 0 Å². The minimum Gasteiger partial charge on any atom is -0.264 e. The highest BCUT2D eigenvalue weighted by atomic mass is 15.1. The van der Waals surface area contributed by atoms with E-state index in [1.807, 2.05) is 73.7 Å². The molecule has 140 valence electrons. The van der Waals surface area contributed by atoms with E-state index in [1.165, 1.54) is 0 Å². The molecule has 0 atom stereocenters. The van der Waals surface area contributed by atoms with Gasteiger partial charge in [0.05, 0.1) is 28.9 Å². The van der Waals surface area contributed by atoms with E-state index in [4.69, 9.17) is 0 Å². The number of hydrogen-bond donors (Lipinski definition) is 0. The number of benzene rings is 3. The second-order valence-corrected chi connectivity index (χ2v) is 6.39. The fraction of sp³-hybridized carbons (Fsp3) is 0.0435. The Bertz CT molecular complexity index is 1230. The maximum atomic E-state index is 4.46. The van der Waals surface area contributed by atoms with Crippen molar-refractivity contribution in [3.8, 4) is 0 Å². The van der Waals surface area contributed by atoms with Crippen molar-refractivity contribution < 1.29 is 0 Å². The van der Waals surface area contributed by atoms with Gasteiger partial charge in [0, 0.05) is 17.0 Å². The number of aromatic nitrogens is 1. The zero-order chi connectivity index (χ0) is 20.1. The minimum atomic E-state index is 0.707. The fourth-order valence-electron chi connectivity index (χ4n) is 2.94. The van der Waals surface area contributed by atoms with Crippen molar-refractivity contribution >= 4 is 45.9 Å². The maximum Gasteiger partial charge on any atom is 0.104 e. The average molecular weight is 378 g/mol. The Morgan fingerprint density at radius 3 is 2.10 bits per heavy atom. The molecule has 0 aliphatic heterocycles. The second-order valence-electron chi connectivity index (χ2n) is 6.39. The Morgan fingerprint density at radius 1 is 0.690 bits per heavy atom. The number of aliphatic imine (C=N–C) groups is 1. The molecule has 0 spiro atoms. The van der Waals surface area contributed by atoms with E-state index in [2.05, 4.69) is 37.2 Å². The Kier molecular flexibility index (Phi) is 5.25. The molecule has 0 saturated heterocycles. The van der Waals surface area contributed by atoms with Gasteiger partial charge in [-0.15, -0.1) is 10.2 Å². The standard InChI is InChI=1S/C23H18N6/c1-16-14-17(26-27-18-6-5-13-25-15-18)9-10-21(16)28-29-23-12-11-22(24-2)19-7-3-4-8-20(19)23/h3-15H,2H2,1H3/b27-26+,29-28+. The molecule has 0 fully saturated rings. The lowest BCUT2D eigenvalue weighted by molar-refractivity contribution is 1.18. The molecule has 4 aromatic rings. The summed E-state index contributed by atoms with van der Waals surface area (Å²) >= 11 is 0. The largest absolute Gasteiger partial charge is 0.264 e. The molecular weight excluding hydrogens is 360 g/mol. The first-order chi connectivity index (χ1) is 14.2. The van der Waals surface area contributed by atoms with Crippen LogP contribution in [0.3, 0.4) is 0 Å². The molecule has 29 heavy (non-hydrogen) atoms. The van der Waals surface area contributed by atoms with Crippen molar-refractivity contribution in [1.82, 2.24) is 4.98 Å². The van der Waals surface area contributed by atoms with Gasteiger partial charge < -0.3 is 0 Å². The van der Waals surface area contributed by atoms with Gasteiger partial charge in [-0.1, -0.05) is 24.3 Å². The fourth-order valence-corrected chi connectivity index (χ4v) is 2.94. The summed E-state index contributed by atoms with van der Waals surface area (Å²) in [4.78, 5) is 8.10. The topological polar surface area (TPSA) is 74.7 Å². The van der Waals surface area contributed by atoms with Crippen molar-refractivity contribution in [3.05, 3.63) is 84.7 Å². The SMILES string of the molecule is C=Nc1ccc(/N=N/c2ccc(/N=N/c3cccnc3)cc2C)c2ccccc12. The van der Waals surface area contributed by atoms with Crippen LogP contribution in [-0.2, 0) is 0 Å². The monoisotopic (exact) mass is 378 g/mol. The first-order valence-electron chi connectivity index (χ1n) is 9.07. The van der Waals surface area contributed by atoms with Gasteiger partial charge in [-0.05, 0) is 61.7 Å². The lowest BCUT2D eigenvalue weighted by atomic mass is 10.1. The molecule has 1 aromatic heterocycles. The summed E-state index contributed by atoms with van der Waals surface area (Å²) < 4.78 is 0. The Morgan fingerprint density at radius 2 is 1.38 bits per heavy atom. The lowest BCUT2D eigenvalue weighted by Gasteiger charge is -2.05. The van der Waals surface area contributed by atoms with E-state index in [1.54, 1.807) is 12.4 Å². The molecule has 0 N–H and O–H groups in total. The quantitative estimate of drug-likeness (QED) is 0.259. The van der Waals surface area contributed by atoms with Gasteiger partial charge in [0.1, 0.15) is 5.69 Å². The molecule has 0 aliphatic rings. The van der Waals surface area contributed by atoms with E-state index in [0.29, 0.717) is 5.69 Å². The van der Waals surface area contributed by atoms with Gasteiger partial charge in [0.2, 0.25) is 0 Å². The van der Waals surface area contributed by atoms with Gasteiger partial charge in [0.25, 0.3) is 0 Å². The second kappa shape index (κ2) is 8.31. The summed E-state index contributed by atoms with van der Waals surface area (Å²) in [5.41, 5.74) is 4.81. The number of fused-ring (bicyclic) bond motifs is 1. The molecule has 6 nitrogen and oxygen atoms in total. The molecule has 0 aliphatic carbocycles. The predicted octanol–water partition coefficient (Wildman–Crippen LogP) is 7.71. The molecule has 3 aromatic carbocycles. The summed E-state index contributed by atoms with van der Waals surface area (Å²) in [6, 6.07) is 21.1. The van der Waals surface area contributed by atoms with E-state index < -0.39 is 0 Å². The van der Waals surface area contributed by atoms with Crippen molar-refractivity contribution in [2.75, 3.05) is 0 Å². The summed E-state index contributed by atoms with van der Waals surface area (Å²) in [5, 5.41) is 19.3. The molecule has 0 saturated carbocycles. The van der Waals surface area contributed by atoms with Crippen LogP contribution in [0.15, 0.2) is 105 Å². The summed E-state index contributed by atoms with van der Waals surface area (Å²) in [6.07, 6.45) is 3.37. The van der Waals surface area contributed by atoms with Crippen LogP contribution in [0.4, 0.5) is 28.4 Å². The summed E-state index contributed by atoms with van der Waals surface area (Å²) in [5.74, 6) is 0. The molecule has 4 rings (SSSR count). The predicted molar refractivity (Wildman–Crippen MR) is 117 cm³/mol. The van der Waals surface area contributed by atoms with Crippen LogP contribution in [-0.4, -0.2) is 11.7 Å². The molecule has 6 heteroatoms. The number of azo groups is 2. The maximum absolute atomic E-state index is 4.46. The third-order valence-electron chi connectivity index (χ3n) is 4.42. The molecule has 0 bridgehead atoms. The number of hydrogen-bond acceptors (Lipinski definition) is 6. The van der Waals surface area contributed by atoms with Crippen LogP contribution >= 0.6 is 0 Å². The van der Waals surface area contributed by atoms with Gasteiger partial charge in [0.15, 0.2) is 0 Å². The molecule has 0 amide bonds. The number of rotatable bonds is 5. The van der Waals surface area contributed by atoms with E-state index >= 15 is 0 Å². The van der Waals surface area contributed by atoms with Crippen LogP contribution in [0.1, 0.15) is 5.56 Å². The molecule has 1 heterocycles. The van der Waals surface area contributed by atoms with Gasteiger partial charge in [-0.2, -0.15) is 10.2 Å². The van der Waals surface area contributed by atoms with Gasteiger partial charge in [-0.25, -0.2) is 0 Å². The first kappa shape index (κ1) is 18.3. The highest BCUT2D eigenvalue weighted by Gasteiger charge is 2.05. The van der Waals surface area contributed by atoms with Crippen molar-refractivity contribution in [2.45, 2.75) is 6.92 Å². The van der Waals surface area contributed by atoms with E-state index in [9.17, 15) is 0 Å². The third-order valence-corrected chi connectivity index (χ3v) is 4.42. The lowest BCUT2D eigenvalue weighted by Crippen LogP contribution is -1.76. The first-order valence-corrected chi connectivity index (χ1v) is 9.07. The van der Waals surface area contributed by atoms with Crippen molar-refractivity contribution in [2.24, 2.45) is 25.4 Å². The van der Waals surface area contributed by atoms with Crippen molar-refractivity contribution in [1.29, 1.82) is 0 Å². The van der Waals surface area contributed by atoms with Gasteiger partial charge in [-0.3, -0.25) is 9.98 Å². The zero-order valence-electron chi connectivity index (χ0n) is 15.9. The molecular formula is C23H18N6. The van der Waals surface area contributed by atoms with Crippen LogP contribution in [0.5, 0.6) is 0 Å². The summed E-state index contributed by atoms with van der Waals surface area (Å²) in [6.45, 7) is 5.61. The Balaban J connectivity index is 1.60. The van der Waals surface area contributed by atoms with Crippen molar-refractivity contribution in [3.63, 3.8) is 0 Å². The van der Waals surface area contributed by atoms with Crippen LogP contribution in [0, 0.1) is 6.92 Å². The van der Waals surface area contributed by atoms with Crippen LogP contribution < -0.4 is 0 Å². The molecule has 0 unspecified atom stereocenters. The van der Waals surface area contributed by atoms with Gasteiger partial charge >= 0.3 is 0 Å². The number of nitrogens with zero attached hydrogens (tertiary/aromatic N) is 6. The third kappa shape index (κ3) is 4.11. The smallest absolute Gasteiger partial charge is 0.104 e. The van der Waals surface area contributed by atoms with E-state index in [-0.39, 0.29) is 0 Å². The van der Waals surface area contributed by atoms with E-state index in [0.717, 1.165) is 39.1 Å². The average Bonchev–Trinajstić information content (AvgIpc) is 2.77. The zero-order valence-corrected chi connectivity index (χ0v) is 15.9. The molecule has 0 radical (unpaired) electrons.